The van der Waals surface area contributed by atoms with Crippen molar-refractivity contribution in [2.24, 2.45) is 11.8 Å². The summed E-state index contributed by atoms with van der Waals surface area (Å²) in [5, 5.41) is 7.00. The van der Waals surface area contributed by atoms with Gasteiger partial charge in [0.1, 0.15) is 5.82 Å². The summed E-state index contributed by atoms with van der Waals surface area (Å²) in [7, 11) is 0. The summed E-state index contributed by atoms with van der Waals surface area (Å²) in [4.78, 5) is 0. The van der Waals surface area contributed by atoms with Crippen LogP contribution in [0.5, 0.6) is 0 Å². The highest BCUT2D eigenvalue weighted by atomic mass is 15.2. The normalized spacial score (nSPS) is 13.9. The zero-order valence-electron chi connectivity index (χ0n) is 9.54. The van der Waals surface area contributed by atoms with E-state index in [1.165, 1.54) is 12.1 Å². The first-order valence-corrected chi connectivity index (χ1v) is 5.31. The highest BCUT2D eigenvalue weighted by molar-refractivity contribution is 5.30. The number of hydrogen-bond donors (Lipinski definition) is 2. The third-order valence-corrected chi connectivity index (χ3v) is 2.55. The molecular formula is C11H21N3. The summed E-state index contributed by atoms with van der Waals surface area (Å²) < 4.78 is 0. The molecule has 0 saturated heterocycles. The van der Waals surface area contributed by atoms with E-state index in [0.717, 1.165) is 0 Å². The van der Waals surface area contributed by atoms with E-state index in [9.17, 15) is 0 Å². The molecule has 0 spiro atoms. The van der Waals surface area contributed by atoms with Crippen molar-refractivity contribution in [3.05, 3.63) is 11.8 Å². The Balaban J connectivity index is 2.77. The Morgan fingerprint density at radius 2 is 2.00 bits per heavy atom. The van der Waals surface area contributed by atoms with E-state index in [0.29, 0.717) is 23.6 Å². The first kappa shape index (κ1) is 11.1. The van der Waals surface area contributed by atoms with E-state index in [1.807, 2.05) is 6.07 Å². The molecule has 0 fully saturated rings. The molecule has 3 nitrogen and oxygen atoms in total. The fraction of sp³-hybridized carbons (Fsp3) is 0.727. The van der Waals surface area contributed by atoms with Gasteiger partial charge in [-0.15, -0.1) is 0 Å². The third kappa shape index (κ3) is 2.76. The summed E-state index contributed by atoms with van der Waals surface area (Å²) in [6.07, 6.45) is 1.18. The van der Waals surface area contributed by atoms with E-state index in [1.54, 1.807) is 0 Å². The van der Waals surface area contributed by atoms with Gasteiger partial charge in [-0.2, -0.15) is 5.10 Å². The van der Waals surface area contributed by atoms with Crippen molar-refractivity contribution in [3.63, 3.8) is 0 Å². The van der Waals surface area contributed by atoms with Crippen LogP contribution in [0.15, 0.2) is 6.07 Å². The van der Waals surface area contributed by atoms with Gasteiger partial charge in [-0.3, -0.25) is 5.10 Å². The lowest BCUT2D eigenvalue weighted by molar-refractivity contribution is 0.400. The van der Waals surface area contributed by atoms with Gasteiger partial charge in [0.25, 0.3) is 0 Å². The molecule has 3 N–H and O–H groups in total. The van der Waals surface area contributed by atoms with Crippen molar-refractivity contribution >= 4 is 5.82 Å². The molecule has 0 saturated carbocycles. The van der Waals surface area contributed by atoms with Crippen LogP contribution < -0.4 is 5.73 Å². The highest BCUT2D eigenvalue weighted by Crippen LogP contribution is 2.30. The minimum absolute atomic E-state index is 0.541. The Labute approximate surface area is 86.1 Å². The lowest BCUT2D eigenvalue weighted by Crippen LogP contribution is -2.10. The fourth-order valence-electron chi connectivity index (χ4n) is 1.81. The summed E-state index contributed by atoms with van der Waals surface area (Å²) in [6, 6.07) is 1.95. The van der Waals surface area contributed by atoms with Crippen LogP contribution in [0.4, 0.5) is 5.82 Å². The molecule has 0 amide bonds. The van der Waals surface area contributed by atoms with E-state index in [2.05, 4.69) is 37.9 Å². The number of aromatic amines is 1. The molecule has 0 aliphatic carbocycles. The molecule has 80 valence electrons. The van der Waals surface area contributed by atoms with Crippen LogP contribution in [0.1, 0.15) is 45.7 Å². The second kappa shape index (κ2) is 4.49. The molecule has 0 aromatic carbocycles. The van der Waals surface area contributed by atoms with Crippen molar-refractivity contribution in [2.45, 2.75) is 40.0 Å². The van der Waals surface area contributed by atoms with Crippen molar-refractivity contribution in [1.29, 1.82) is 0 Å². The maximum absolute atomic E-state index is 5.60. The van der Waals surface area contributed by atoms with Crippen LogP contribution in [0.2, 0.25) is 0 Å². The number of nitrogens with two attached hydrogens (primary N) is 1. The van der Waals surface area contributed by atoms with Gasteiger partial charge in [-0.05, 0) is 18.3 Å². The van der Waals surface area contributed by atoms with Crippen LogP contribution in [0.3, 0.4) is 0 Å². The number of hydrogen-bond acceptors (Lipinski definition) is 2. The van der Waals surface area contributed by atoms with Gasteiger partial charge in [0.05, 0.1) is 0 Å². The quantitative estimate of drug-likeness (QED) is 0.776. The Morgan fingerprint density at radius 1 is 1.36 bits per heavy atom. The van der Waals surface area contributed by atoms with Gasteiger partial charge < -0.3 is 5.73 Å². The molecule has 0 aliphatic rings. The largest absolute Gasteiger partial charge is 0.382 e. The molecule has 3 heteroatoms. The monoisotopic (exact) mass is 195 g/mol. The Kier molecular flexibility index (Phi) is 3.55. The molecule has 0 aliphatic heterocycles. The van der Waals surface area contributed by atoms with Crippen molar-refractivity contribution in [3.8, 4) is 0 Å². The van der Waals surface area contributed by atoms with Gasteiger partial charge >= 0.3 is 0 Å². The van der Waals surface area contributed by atoms with Gasteiger partial charge in [-0.25, -0.2) is 0 Å². The molecule has 1 aromatic rings. The van der Waals surface area contributed by atoms with Crippen LogP contribution in [0, 0.1) is 11.8 Å². The van der Waals surface area contributed by atoms with Gasteiger partial charge in [-0.1, -0.05) is 27.7 Å². The first-order chi connectivity index (χ1) is 6.50. The van der Waals surface area contributed by atoms with Gasteiger partial charge in [0, 0.05) is 17.7 Å². The Morgan fingerprint density at radius 3 is 2.36 bits per heavy atom. The number of nitrogen functional groups attached to an aromatic ring is 1. The smallest absolute Gasteiger partial charge is 0.145 e. The maximum Gasteiger partial charge on any atom is 0.145 e. The SMILES string of the molecule is CC(C)CC(c1cc(N)n[nH]1)C(C)C. The van der Waals surface area contributed by atoms with Gasteiger partial charge in [0.2, 0.25) is 0 Å². The predicted molar refractivity (Wildman–Crippen MR) is 60.0 cm³/mol. The molecule has 0 bridgehead atoms. The summed E-state index contributed by atoms with van der Waals surface area (Å²) in [6.45, 7) is 8.97. The molecule has 0 radical (unpaired) electrons. The van der Waals surface area contributed by atoms with Crippen LogP contribution in [-0.4, -0.2) is 10.2 Å². The number of anilines is 1. The molecule has 1 unspecified atom stereocenters. The summed E-state index contributed by atoms with van der Waals surface area (Å²) in [5.41, 5.74) is 6.78. The zero-order chi connectivity index (χ0) is 10.7. The minimum Gasteiger partial charge on any atom is -0.382 e. The predicted octanol–water partition coefficient (Wildman–Crippen LogP) is 2.78. The summed E-state index contributed by atoms with van der Waals surface area (Å²) >= 11 is 0. The van der Waals surface area contributed by atoms with E-state index < -0.39 is 0 Å². The molecule has 1 rings (SSSR count). The highest BCUT2D eigenvalue weighted by Gasteiger charge is 2.19. The zero-order valence-corrected chi connectivity index (χ0v) is 9.54. The maximum atomic E-state index is 5.60. The van der Waals surface area contributed by atoms with Crippen molar-refractivity contribution in [2.75, 3.05) is 5.73 Å². The Bertz CT molecular complexity index is 276. The number of nitrogens with zero attached hydrogens (tertiary/aromatic N) is 1. The average Bonchev–Trinajstić information content (AvgIpc) is 2.46. The average molecular weight is 195 g/mol. The fourth-order valence-corrected chi connectivity index (χ4v) is 1.81. The third-order valence-electron chi connectivity index (χ3n) is 2.55. The van der Waals surface area contributed by atoms with E-state index >= 15 is 0 Å². The Hall–Kier alpha value is -0.990. The van der Waals surface area contributed by atoms with Gasteiger partial charge in [0.15, 0.2) is 0 Å². The molecule has 1 aromatic heterocycles. The topological polar surface area (TPSA) is 54.7 Å². The molecule has 1 atom stereocenters. The molecule has 14 heavy (non-hydrogen) atoms. The molecule has 1 heterocycles. The van der Waals surface area contributed by atoms with Crippen LogP contribution in [-0.2, 0) is 0 Å². The second-order valence-electron chi connectivity index (χ2n) is 4.73. The lowest BCUT2D eigenvalue weighted by Gasteiger charge is -2.21. The van der Waals surface area contributed by atoms with Crippen LogP contribution >= 0.6 is 0 Å². The number of nitrogens with one attached hydrogen (secondary N) is 1. The van der Waals surface area contributed by atoms with Crippen molar-refractivity contribution < 1.29 is 0 Å². The number of H-pyrrole nitrogens is 1. The number of aromatic nitrogens is 2. The minimum atomic E-state index is 0.541. The second-order valence-corrected chi connectivity index (χ2v) is 4.73. The summed E-state index contributed by atoms with van der Waals surface area (Å²) in [5.74, 6) is 2.46. The van der Waals surface area contributed by atoms with E-state index in [-0.39, 0.29) is 0 Å². The van der Waals surface area contributed by atoms with Crippen molar-refractivity contribution in [1.82, 2.24) is 10.2 Å². The van der Waals surface area contributed by atoms with E-state index in [4.69, 9.17) is 5.73 Å². The number of rotatable bonds is 4. The first-order valence-electron chi connectivity index (χ1n) is 5.31. The molecular weight excluding hydrogens is 174 g/mol. The lowest BCUT2D eigenvalue weighted by atomic mass is 9.85. The van der Waals surface area contributed by atoms with Crippen LogP contribution in [0.25, 0.3) is 0 Å². The standard InChI is InChI=1S/C11H21N3/c1-7(2)5-9(8(3)4)10-6-11(12)14-13-10/h6-9H,5H2,1-4H3,(H3,12,13,14).